The van der Waals surface area contributed by atoms with Crippen molar-refractivity contribution in [3.63, 3.8) is 0 Å². The molecule has 2 aromatic rings. The maximum atomic E-state index is 6.28. The lowest BCUT2D eigenvalue weighted by molar-refractivity contribution is 0.173. The van der Waals surface area contributed by atoms with E-state index in [1.165, 1.54) is 0 Å². The van der Waals surface area contributed by atoms with E-state index in [2.05, 4.69) is 5.10 Å². The molecular weight excluding hydrogens is 254 g/mol. The fourth-order valence-corrected chi connectivity index (χ4v) is 2.42. The van der Waals surface area contributed by atoms with Crippen LogP contribution in [-0.4, -0.2) is 16.6 Å². The molecule has 3 rings (SSSR count). The zero-order valence-electron chi connectivity index (χ0n) is 10.0. The number of nitrogens with zero attached hydrogens (tertiary/aromatic N) is 2. The van der Waals surface area contributed by atoms with E-state index in [0.29, 0.717) is 16.6 Å². The number of hydrogen-bond donors (Lipinski definition) is 1. The lowest BCUT2D eigenvalue weighted by Crippen LogP contribution is -1.97. The molecule has 0 fully saturated rings. The van der Waals surface area contributed by atoms with E-state index in [1.807, 2.05) is 6.92 Å². The fourth-order valence-electron chi connectivity index (χ4n) is 2.09. The molecule has 18 heavy (non-hydrogen) atoms. The Balaban J connectivity index is 2.23. The molecular formula is C12H12ClN3O2. The van der Waals surface area contributed by atoms with Crippen LogP contribution in [0, 0.1) is 6.92 Å². The average Bonchev–Trinajstić information content (AvgIpc) is 2.87. The van der Waals surface area contributed by atoms with Gasteiger partial charge in [-0.2, -0.15) is 5.10 Å². The van der Waals surface area contributed by atoms with Gasteiger partial charge in [-0.15, -0.1) is 0 Å². The van der Waals surface area contributed by atoms with E-state index in [-0.39, 0.29) is 6.79 Å². The van der Waals surface area contributed by atoms with Gasteiger partial charge in [0.1, 0.15) is 5.82 Å². The lowest BCUT2D eigenvalue weighted by atomic mass is 10.0. The summed E-state index contributed by atoms with van der Waals surface area (Å²) in [6.07, 6.45) is 0. The number of aryl methyl sites for hydroxylation is 1. The molecule has 1 aliphatic rings. The normalized spacial score (nSPS) is 13.1. The molecule has 0 spiro atoms. The smallest absolute Gasteiger partial charge is 0.231 e. The van der Waals surface area contributed by atoms with Crippen molar-refractivity contribution in [1.29, 1.82) is 0 Å². The predicted octanol–water partition coefficient (Wildman–Crippen LogP) is 2.36. The number of nitrogen functional groups attached to an aromatic ring is 1. The number of fused-ring (bicyclic) bond motifs is 1. The van der Waals surface area contributed by atoms with Gasteiger partial charge in [0.05, 0.1) is 10.7 Å². The van der Waals surface area contributed by atoms with Gasteiger partial charge >= 0.3 is 0 Å². The van der Waals surface area contributed by atoms with Crippen LogP contribution in [-0.2, 0) is 7.05 Å². The Morgan fingerprint density at radius 1 is 1.39 bits per heavy atom. The third-order valence-electron chi connectivity index (χ3n) is 3.03. The van der Waals surface area contributed by atoms with E-state index in [1.54, 1.807) is 23.9 Å². The first-order chi connectivity index (χ1) is 8.58. The summed E-state index contributed by atoms with van der Waals surface area (Å²) in [5, 5.41) is 4.92. The Morgan fingerprint density at radius 3 is 2.83 bits per heavy atom. The van der Waals surface area contributed by atoms with Crippen molar-refractivity contribution in [3.8, 4) is 22.8 Å². The zero-order chi connectivity index (χ0) is 12.9. The number of anilines is 1. The molecule has 1 aromatic heterocycles. The molecule has 5 nitrogen and oxygen atoms in total. The molecule has 0 saturated heterocycles. The van der Waals surface area contributed by atoms with Gasteiger partial charge < -0.3 is 15.2 Å². The second-order valence-corrected chi connectivity index (χ2v) is 4.58. The summed E-state index contributed by atoms with van der Waals surface area (Å²) >= 11 is 6.28. The molecule has 0 amide bonds. The third kappa shape index (κ3) is 1.51. The van der Waals surface area contributed by atoms with Crippen molar-refractivity contribution in [1.82, 2.24) is 9.78 Å². The fraction of sp³-hybridized carbons (Fsp3) is 0.250. The number of rotatable bonds is 1. The summed E-state index contributed by atoms with van der Waals surface area (Å²) in [5.41, 5.74) is 8.26. The molecule has 0 atom stereocenters. The summed E-state index contributed by atoms with van der Waals surface area (Å²) in [7, 11) is 1.79. The highest BCUT2D eigenvalue weighted by molar-refractivity contribution is 6.33. The minimum Gasteiger partial charge on any atom is -0.454 e. The Kier molecular flexibility index (Phi) is 2.38. The van der Waals surface area contributed by atoms with Gasteiger partial charge in [0.2, 0.25) is 6.79 Å². The second-order valence-electron chi connectivity index (χ2n) is 4.17. The highest BCUT2D eigenvalue weighted by atomic mass is 35.5. The van der Waals surface area contributed by atoms with Crippen molar-refractivity contribution in [3.05, 3.63) is 22.7 Å². The molecule has 2 N–H and O–H groups in total. The number of nitrogens with two attached hydrogens (primary N) is 1. The Labute approximate surface area is 109 Å². The first kappa shape index (κ1) is 11.2. The Hall–Kier alpha value is -1.88. The van der Waals surface area contributed by atoms with Crippen LogP contribution in [0.3, 0.4) is 0 Å². The number of aromatic nitrogens is 2. The highest BCUT2D eigenvalue weighted by Gasteiger charge is 2.23. The molecule has 2 heterocycles. The molecule has 1 aliphatic heterocycles. The molecule has 0 unspecified atom stereocenters. The Bertz CT molecular complexity index is 617. The van der Waals surface area contributed by atoms with Gasteiger partial charge in [0.25, 0.3) is 0 Å². The molecule has 0 radical (unpaired) electrons. The van der Waals surface area contributed by atoms with Crippen molar-refractivity contribution >= 4 is 17.4 Å². The van der Waals surface area contributed by atoms with Crippen LogP contribution in [0.15, 0.2) is 12.1 Å². The van der Waals surface area contributed by atoms with Crippen LogP contribution in [0.25, 0.3) is 11.3 Å². The van der Waals surface area contributed by atoms with E-state index < -0.39 is 0 Å². The number of halogens is 1. The summed E-state index contributed by atoms with van der Waals surface area (Å²) in [6.45, 7) is 2.15. The van der Waals surface area contributed by atoms with E-state index in [4.69, 9.17) is 26.8 Å². The molecule has 94 valence electrons. The lowest BCUT2D eigenvalue weighted by Gasteiger charge is -2.08. The minimum absolute atomic E-state index is 0.223. The van der Waals surface area contributed by atoms with Crippen LogP contribution in [0.4, 0.5) is 5.82 Å². The molecule has 6 heteroatoms. The highest BCUT2D eigenvalue weighted by Crippen LogP contribution is 2.44. The average molecular weight is 266 g/mol. The predicted molar refractivity (Wildman–Crippen MR) is 68.9 cm³/mol. The third-order valence-corrected chi connectivity index (χ3v) is 3.32. The van der Waals surface area contributed by atoms with Gasteiger partial charge in [-0.05, 0) is 6.92 Å². The van der Waals surface area contributed by atoms with E-state index in [0.717, 1.165) is 22.6 Å². The van der Waals surface area contributed by atoms with Gasteiger partial charge in [-0.1, -0.05) is 11.6 Å². The van der Waals surface area contributed by atoms with Crippen LogP contribution in [0.2, 0.25) is 5.02 Å². The summed E-state index contributed by atoms with van der Waals surface area (Å²) in [5.74, 6) is 1.97. The summed E-state index contributed by atoms with van der Waals surface area (Å²) in [6, 6.07) is 3.54. The molecule has 0 saturated carbocycles. The van der Waals surface area contributed by atoms with Crippen molar-refractivity contribution < 1.29 is 9.47 Å². The quantitative estimate of drug-likeness (QED) is 0.860. The summed E-state index contributed by atoms with van der Waals surface area (Å²) in [4.78, 5) is 0. The number of benzene rings is 1. The SMILES string of the molecule is Cc1c2c(cc(Cl)c1-c1cc(N)n(C)n1)OCO2. The first-order valence-corrected chi connectivity index (χ1v) is 5.84. The van der Waals surface area contributed by atoms with Crippen LogP contribution in [0.5, 0.6) is 11.5 Å². The second kappa shape index (κ2) is 3.81. The number of ether oxygens (including phenoxy) is 2. The maximum Gasteiger partial charge on any atom is 0.231 e. The van der Waals surface area contributed by atoms with Gasteiger partial charge in [0, 0.05) is 30.3 Å². The molecule has 0 bridgehead atoms. The summed E-state index contributed by atoms with van der Waals surface area (Å²) < 4.78 is 12.4. The van der Waals surface area contributed by atoms with Crippen molar-refractivity contribution in [2.24, 2.45) is 7.05 Å². The Morgan fingerprint density at radius 2 is 2.17 bits per heavy atom. The zero-order valence-corrected chi connectivity index (χ0v) is 10.8. The van der Waals surface area contributed by atoms with Crippen molar-refractivity contribution in [2.45, 2.75) is 6.92 Å². The maximum absolute atomic E-state index is 6.28. The number of hydrogen-bond acceptors (Lipinski definition) is 4. The van der Waals surface area contributed by atoms with E-state index in [9.17, 15) is 0 Å². The molecule has 1 aromatic carbocycles. The standard InChI is InChI=1S/C12H12ClN3O2/c1-6-11(8-4-10(14)16(2)15-8)7(13)3-9-12(6)18-5-17-9/h3-4H,5,14H2,1-2H3. The monoisotopic (exact) mass is 265 g/mol. The molecule has 0 aliphatic carbocycles. The van der Waals surface area contributed by atoms with Crippen LogP contribution >= 0.6 is 11.6 Å². The topological polar surface area (TPSA) is 62.3 Å². The van der Waals surface area contributed by atoms with Gasteiger partial charge in [-0.25, -0.2) is 0 Å². The van der Waals surface area contributed by atoms with Gasteiger partial charge in [0.15, 0.2) is 11.5 Å². The largest absolute Gasteiger partial charge is 0.454 e. The van der Waals surface area contributed by atoms with Crippen LogP contribution in [0.1, 0.15) is 5.56 Å². The first-order valence-electron chi connectivity index (χ1n) is 5.46. The minimum atomic E-state index is 0.223. The van der Waals surface area contributed by atoms with Crippen molar-refractivity contribution in [2.75, 3.05) is 12.5 Å². The van der Waals surface area contributed by atoms with Gasteiger partial charge in [-0.3, -0.25) is 4.68 Å². The van der Waals surface area contributed by atoms with Crippen LogP contribution < -0.4 is 15.2 Å². The van der Waals surface area contributed by atoms with E-state index >= 15 is 0 Å².